The fourth-order valence-electron chi connectivity index (χ4n) is 6.84. The van der Waals surface area contributed by atoms with Gasteiger partial charge in [-0.2, -0.15) is 5.10 Å². The van der Waals surface area contributed by atoms with Crippen molar-refractivity contribution in [3.63, 3.8) is 0 Å². The molecule has 0 unspecified atom stereocenters. The van der Waals surface area contributed by atoms with Gasteiger partial charge in [0.2, 0.25) is 0 Å². The molecule has 0 bridgehead atoms. The average molecular weight is 627 g/mol. The summed E-state index contributed by atoms with van der Waals surface area (Å²) in [6.07, 6.45) is 6.57. The lowest BCUT2D eigenvalue weighted by Crippen LogP contribution is -2.32. The number of nitro groups is 1. The summed E-state index contributed by atoms with van der Waals surface area (Å²) in [5.74, 6) is 1.89. The van der Waals surface area contributed by atoms with E-state index in [0.717, 1.165) is 67.6 Å². The van der Waals surface area contributed by atoms with Crippen molar-refractivity contribution >= 4 is 29.1 Å². The lowest BCUT2D eigenvalue weighted by molar-refractivity contribution is -0.384. The standard InChI is InChI=1S/C35H38N4O7/c1-43-29-14-10-22(19-31(29)45-3)18-23-8-7-9-26-33(23)36-38(34(26)24-12-15-30(44-2)32(21-24)46-4)35(40)25-11-13-27(28(20-25)39(41)42)37-16-5-6-17-37/h10-15,18-21,26,34H,5-9,16-17H2,1-4H3/b23-18-/t26-,34+/m0/s1. The fourth-order valence-corrected chi connectivity index (χ4v) is 6.84. The summed E-state index contributed by atoms with van der Waals surface area (Å²) in [6, 6.07) is 15.7. The molecule has 2 fully saturated rings. The van der Waals surface area contributed by atoms with Gasteiger partial charge < -0.3 is 23.8 Å². The Labute approximate surface area is 268 Å². The monoisotopic (exact) mass is 626 g/mol. The van der Waals surface area contributed by atoms with Crippen LogP contribution in [0.15, 0.2) is 65.3 Å². The second-order valence-corrected chi connectivity index (χ2v) is 11.6. The summed E-state index contributed by atoms with van der Waals surface area (Å²) >= 11 is 0. The van der Waals surface area contributed by atoms with E-state index in [0.29, 0.717) is 28.7 Å². The number of nitrogens with zero attached hydrogens (tertiary/aromatic N) is 4. The minimum absolute atomic E-state index is 0.0753. The molecule has 3 aliphatic rings. The number of carbonyl (C=O) groups is 1. The van der Waals surface area contributed by atoms with Crippen molar-refractivity contribution in [3.05, 3.63) is 87.0 Å². The predicted molar refractivity (Wildman–Crippen MR) is 175 cm³/mol. The van der Waals surface area contributed by atoms with Gasteiger partial charge in [0.05, 0.1) is 45.1 Å². The molecule has 0 N–H and O–H groups in total. The topological polar surface area (TPSA) is 116 Å². The number of amides is 1. The summed E-state index contributed by atoms with van der Waals surface area (Å²) in [5.41, 5.74) is 4.30. The molecule has 240 valence electrons. The zero-order valence-corrected chi connectivity index (χ0v) is 26.5. The number of anilines is 1. The van der Waals surface area contributed by atoms with E-state index < -0.39 is 16.9 Å². The molecule has 2 aliphatic heterocycles. The highest BCUT2D eigenvalue weighted by atomic mass is 16.6. The lowest BCUT2D eigenvalue weighted by atomic mass is 9.77. The molecule has 1 saturated carbocycles. The first-order valence-corrected chi connectivity index (χ1v) is 15.5. The number of allylic oxidation sites excluding steroid dienone is 1. The zero-order valence-electron chi connectivity index (χ0n) is 26.5. The number of fused-ring (bicyclic) bond motifs is 1. The van der Waals surface area contributed by atoms with Crippen molar-refractivity contribution in [2.75, 3.05) is 46.4 Å². The third-order valence-electron chi connectivity index (χ3n) is 9.07. The molecule has 0 aromatic heterocycles. The number of hydrogen-bond acceptors (Lipinski definition) is 9. The molecule has 6 rings (SSSR count). The molecule has 46 heavy (non-hydrogen) atoms. The van der Waals surface area contributed by atoms with Crippen LogP contribution in [0.3, 0.4) is 0 Å². The van der Waals surface area contributed by atoms with E-state index >= 15 is 0 Å². The smallest absolute Gasteiger partial charge is 0.293 e. The van der Waals surface area contributed by atoms with Crippen LogP contribution < -0.4 is 23.8 Å². The van der Waals surface area contributed by atoms with Gasteiger partial charge in [-0.05, 0) is 91.3 Å². The van der Waals surface area contributed by atoms with E-state index in [9.17, 15) is 14.9 Å². The van der Waals surface area contributed by atoms with Crippen molar-refractivity contribution in [1.29, 1.82) is 0 Å². The van der Waals surface area contributed by atoms with Crippen LogP contribution in [0.2, 0.25) is 0 Å². The molecular weight excluding hydrogens is 588 g/mol. The summed E-state index contributed by atoms with van der Waals surface area (Å²) in [4.78, 5) is 28.1. The highest BCUT2D eigenvalue weighted by Gasteiger charge is 2.44. The molecule has 1 saturated heterocycles. The molecule has 1 amide bonds. The Kier molecular flexibility index (Phi) is 8.83. The number of hydrogen-bond donors (Lipinski definition) is 0. The minimum atomic E-state index is -0.450. The number of rotatable bonds is 9. The number of ether oxygens (including phenoxy) is 4. The first-order chi connectivity index (χ1) is 22.4. The minimum Gasteiger partial charge on any atom is -0.493 e. The van der Waals surface area contributed by atoms with Crippen LogP contribution in [-0.4, -0.2) is 63.1 Å². The van der Waals surface area contributed by atoms with Gasteiger partial charge in [-0.25, -0.2) is 5.01 Å². The van der Waals surface area contributed by atoms with E-state index in [2.05, 4.69) is 6.08 Å². The number of hydrazone groups is 1. The second kappa shape index (κ2) is 13.1. The van der Waals surface area contributed by atoms with Crippen molar-refractivity contribution < 1.29 is 28.7 Å². The molecule has 1 aliphatic carbocycles. The highest BCUT2D eigenvalue weighted by Crippen LogP contribution is 2.47. The molecule has 0 radical (unpaired) electrons. The van der Waals surface area contributed by atoms with Crippen LogP contribution in [0.5, 0.6) is 23.0 Å². The lowest BCUT2D eigenvalue weighted by Gasteiger charge is -2.30. The van der Waals surface area contributed by atoms with Crippen LogP contribution in [0.25, 0.3) is 6.08 Å². The van der Waals surface area contributed by atoms with Gasteiger partial charge in [-0.15, -0.1) is 0 Å². The molecule has 2 heterocycles. The third kappa shape index (κ3) is 5.73. The van der Waals surface area contributed by atoms with Gasteiger partial charge in [0.1, 0.15) is 5.69 Å². The summed E-state index contributed by atoms with van der Waals surface area (Å²) in [6.45, 7) is 1.51. The maximum atomic E-state index is 14.4. The van der Waals surface area contributed by atoms with Gasteiger partial charge in [0.15, 0.2) is 23.0 Å². The van der Waals surface area contributed by atoms with E-state index in [4.69, 9.17) is 24.0 Å². The SMILES string of the molecule is COc1ccc(/C=C2/CCC[C@H]3C2=NN(C(=O)c2ccc(N4CCCC4)c([N+](=O)[O-])c2)[C@@H]3c2ccc(OC)c(OC)c2)cc1OC. The molecule has 3 aromatic rings. The van der Waals surface area contributed by atoms with E-state index in [1.807, 2.05) is 41.3 Å². The number of benzene rings is 3. The molecular formula is C35H38N4O7. The Balaban J connectivity index is 1.43. The van der Waals surface area contributed by atoms with Crippen molar-refractivity contribution in [2.45, 2.75) is 38.1 Å². The molecule has 0 spiro atoms. The van der Waals surface area contributed by atoms with Crippen molar-refractivity contribution in [2.24, 2.45) is 11.0 Å². The Morgan fingerprint density at radius 2 is 1.54 bits per heavy atom. The maximum Gasteiger partial charge on any atom is 0.293 e. The van der Waals surface area contributed by atoms with Crippen LogP contribution in [0, 0.1) is 16.0 Å². The van der Waals surface area contributed by atoms with Crippen molar-refractivity contribution in [3.8, 4) is 23.0 Å². The Morgan fingerprint density at radius 3 is 2.22 bits per heavy atom. The van der Waals surface area contributed by atoms with Gasteiger partial charge >= 0.3 is 0 Å². The maximum absolute atomic E-state index is 14.4. The van der Waals surface area contributed by atoms with Gasteiger partial charge in [0.25, 0.3) is 11.6 Å². The summed E-state index contributed by atoms with van der Waals surface area (Å²) in [7, 11) is 6.36. The van der Waals surface area contributed by atoms with E-state index in [-0.39, 0.29) is 17.2 Å². The average Bonchev–Trinajstić information content (AvgIpc) is 3.77. The molecule has 11 heteroatoms. The van der Waals surface area contributed by atoms with Crippen LogP contribution in [0.4, 0.5) is 11.4 Å². The number of nitro benzene ring substituents is 1. The Bertz CT molecular complexity index is 1710. The van der Waals surface area contributed by atoms with E-state index in [1.54, 1.807) is 40.6 Å². The van der Waals surface area contributed by atoms with Crippen LogP contribution >= 0.6 is 0 Å². The highest BCUT2D eigenvalue weighted by molar-refractivity contribution is 6.09. The van der Waals surface area contributed by atoms with Gasteiger partial charge in [0, 0.05) is 30.6 Å². The summed E-state index contributed by atoms with van der Waals surface area (Å²) < 4.78 is 22.0. The first-order valence-electron chi connectivity index (χ1n) is 15.5. The Hall–Kier alpha value is -5.06. The second-order valence-electron chi connectivity index (χ2n) is 11.6. The number of methoxy groups -OCH3 is 4. The largest absolute Gasteiger partial charge is 0.493 e. The number of carbonyl (C=O) groups excluding carboxylic acids is 1. The third-order valence-corrected chi connectivity index (χ3v) is 9.07. The van der Waals surface area contributed by atoms with Crippen LogP contribution in [-0.2, 0) is 0 Å². The normalized spacial score (nSPS) is 19.9. The zero-order chi connectivity index (χ0) is 32.4. The summed E-state index contributed by atoms with van der Waals surface area (Å²) in [5, 5.41) is 18.7. The van der Waals surface area contributed by atoms with Crippen molar-refractivity contribution in [1.82, 2.24) is 5.01 Å². The van der Waals surface area contributed by atoms with Gasteiger partial charge in [-0.3, -0.25) is 14.9 Å². The fraction of sp³-hybridized carbons (Fsp3) is 0.371. The Morgan fingerprint density at radius 1 is 0.870 bits per heavy atom. The van der Waals surface area contributed by atoms with Crippen LogP contribution in [0.1, 0.15) is 59.6 Å². The molecule has 11 nitrogen and oxygen atoms in total. The quantitative estimate of drug-likeness (QED) is 0.191. The van der Waals surface area contributed by atoms with Gasteiger partial charge in [-0.1, -0.05) is 12.1 Å². The first kappa shape index (κ1) is 30.9. The molecule has 3 aromatic carbocycles. The predicted octanol–water partition coefficient (Wildman–Crippen LogP) is 6.67. The molecule has 2 atom stereocenters. The van der Waals surface area contributed by atoms with E-state index in [1.165, 1.54) is 11.1 Å².